The Balaban J connectivity index is 2.15. The minimum atomic E-state index is -0.343. The van der Waals surface area contributed by atoms with Crippen molar-refractivity contribution in [3.8, 4) is 5.88 Å². The number of hydrogen-bond donors (Lipinski definition) is 1. The molecular formula is C13H14FN3O. The molecule has 0 spiro atoms. The molecule has 0 saturated carbocycles. The second-order valence-electron chi connectivity index (χ2n) is 3.83. The Morgan fingerprint density at radius 2 is 2.11 bits per heavy atom. The molecule has 2 rings (SSSR count). The van der Waals surface area contributed by atoms with E-state index in [0.717, 1.165) is 11.4 Å². The lowest BCUT2D eigenvalue weighted by atomic mass is 10.2. The number of anilines is 1. The van der Waals surface area contributed by atoms with Gasteiger partial charge >= 0.3 is 0 Å². The van der Waals surface area contributed by atoms with E-state index in [-0.39, 0.29) is 11.9 Å². The molecule has 1 atom stereocenters. The van der Waals surface area contributed by atoms with Crippen LogP contribution in [0.3, 0.4) is 0 Å². The van der Waals surface area contributed by atoms with Gasteiger partial charge in [0.15, 0.2) is 0 Å². The van der Waals surface area contributed by atoms with Crippen molar-refractivity contribution in [1.29, 1.82) is 0 Å². The van der Waals surface area contributed by atoms with E-state index < -0.39 is 0 Å². The Morgan fingerprint density at radius 1 is 1.28 bits per heavy atom. The zero-order valence-corrected chi connectivity index (χ0v) is 10.2. The lowest BCUT2D eigenvalue weighted by molar-refractivity contribution is 0.399. The number of ether oxygens (including phenoxy) is 1. The van der Waals surface area contributed by atoms with E-state index in [1.54, 1.807) is 19.4 Å². The van der Waals surface area contributed by atoms with E-state index in [9.17, 15) is 4.39 Å². The Bertz CT molecular complexity index is 516. The third kappa shape index (κ3) is 2.74. The first kappa shape index (κ1) is 12.3. The van der Waals surface area contributed by atoms with Crippen LogP contribution in [0.2, 0.25) is 0 Å². The third-order valence-electron chi connectivity index (χ3n) is 2.53. The molecule has 0 aliphatic rings. The smallest absolute Gasteiger partial charge is 0.237 e. The van der Waals surface area contributed by atoms with Gasteiger partial charge in [0.2, 0.25) is 5.88 Å². The number of aromatic nitrogens is 2. The van der Waals surface area contributed by atoms with Gasteiger partial charge in [0.05, 0.1) is 30.7 Å². The Labute approximate surface area is 105 Å². The average molecular weight is 247 g/mol. The van der Waals surface area contributed by atoms with Gasteiger partial charge in [-0.3, -0.25) is 4.98 Å². The van der Waals surface area contributed by atoms with Gasteiger partial charge in [0.25, 0.3) is 0 Å². The van der Waals surface area contributed by atoms with Crippen molar-refractivity contribution < 1.29 is 9.13 Å². The second kappa shape index (κ2) is 5.44. The highest BCUT2D eigenvalue weighted by Crippen LogP contribution is 2.24. The molecule has 4 nitrogen and oxygen atoms in total. The molecule has 0 radical (unpaired) electrons. The van der Waals surface area contributed by atoms with Crippen molar-refractivity contribution in [3.63, 3.8) is 0 Å². The summed E-state index contributed by atoms with van der Waals surface area (Å²) < 4.78 is 17.9. The van der Waals surface area contributed by atoms with Crippen molar-refractivity contribution >= 4 is 5.69 Å². The highest BCUT2D eigenvalue weighted by atomic mass is 19.1. The Hall–Kier alpha value is -2.17. The lowest BCUT2D eigenvalue weighted by Gasteiger charge is -2.16. The van der Waals surface area contributed by atoms with Gasteiger partial charge in [0, 0.05) is 6.20 Å². The normalized spacial score (nSPS) is 11.9. The number of halogens is 1. The van der Waals surface area contributed by atoms with Crippen LogP contribution in [-0.4, -0.2) is 17.1 Å². The minimum Gasteiger partial charge on any atom is -0.480 e. The number of pyridine rings is 2. The quantitative estimate of drug-likeness (QED) is 0.902. The third-order valence-corrected chi connectivity index (χ3v) is 2.53. The van der Waals surface area contributed by atoms with Crippen molar-refractivity contribution in [2.75, 3.05) is 12.4 Å². The van der Waals surface area contributed by atoms with Crippen LogP contribution >= 0.6 is 0 Å². The maximum absolute atomic E-state index is 12.8. The van der Waals surface area contributed by atoms with Crippen LogP contribution in [0, 0.1) is 5.82 Å². The van der Waals surface area contributed by atoms with Crippen LogP contribution in [-0.2, 0) is 0 Å². The topological polar surface area (TPSA) is 47.0 Å². The fraction of sp³-hybridized carbons (Fsp3) is 0.231. The summed E-state index contributed by atoms with van der Waals surface area (Å²) in [5, 5.41) is 3.22. The molecule has 0 fully saturated rings. The first-order chi connectivity index (χ1) is 8.70. The van der Waals surface area contributed by atoms with Gasteiger partial charge in [-0.05, 0) is 31.2 Å². The highest BCUT2D eigenvalue weighted by Gasteiger charge is 2.10. The molecule has 0 aromatic carbocycles. The van der Waals surface area contributed by atoms with Gasteiger partial charge in [-0.15, -0.1) is 0 Å². The number of rotatable bonds is 4. The maximum atomic E-state index is 12.8. The number of hydrogen-bond acceptors (Lipinski definition) is 4. The summed E-state index contributed by atoms with van der Waals surface area (Å²) in [6.45, 7) is 1.94. The van der Waals surface area contributed by atoms with Crippen LogP contribution < -0.4 is 10.1 Å². The number of nitrogens with zero attached hydrogens (tertiary/aromatic N) is 2. The summed E-state index contributed by atoms with van der Waals surface area (Å²) in [5.74, 6) is 0.177. The zero-order valence-electron chi connectivity index (χ0n) is 10.2. The van der Waals surface area contributed by atoms with E-state index in [1.807, 2.05) is 19.1 Å². The van der Waals surface area contributed by atoms with E-state index in [0.29, 0.717) is 5.88 Å². The molecule has 1 N–H and O–H groups in total. The molecule has 0 saturated heterocycles. The first-order valence-electron chi connectivity index (χ1n) is 5.57. The summed E-state index contributed by atoms with van der Waals surface area (Å²) in [5.41, 5.74) is 1.53. The molecular weight excluding hydrogens is 233 g/mol. The fourth-order valence-corrected chi connectivity index (χ4v) is 1.61. The van der Waals surface area contributed by atoms with E-state index in [1.165, 1.54) is 12.3 Å². The molecule has 2 aromatic heterocycles. The Morgan fingerprint density at radius 3 is 2.78 bits per heavy atom. The second-order valence-corrected chi connectivity index (χ2v) is 3.83. The minimum absolute atomic E-state index is 0.0660. The molecule has 1 unspecified atom stereocenters. The van der Waals surface area contributed by atoms with Crippen LogP contribution in [0.4, 0.5) is 10.1 Å². The molecule has 94 valence electrons. The van der Waals surface area contributed by atoms with Crippen molar-refractivity contribution in [2.45, 2.75) is 13.0 Å². The van der Waals surface area contributed by atoms with E-state index in [4.69, 9.17) is 4.74 Å². The summed E-state index contributed by atoms with van der Waals surface area (Å²) in [6.07, 6.45) is 2.86. The predicted octanol–water partition coefficient (Wildman–Crippen LogP) is 2.80. The van der Waals surface area contributed by atoms with Crippen LogP contribution in [0.15, 0.2) is 36.7 Å². The molecule has 0 bridgehead atoms. The van der Waals surface area contributed by atoms with E-state index in [2.05, 4.69) is 15.3 Å². The predicted molar refractivity (Wildman–Crippen MR) is 67.0 cm³/mol. The van der Waals surface area contributed by atoms with Crippen LogP contribution in [0.5, 0.6) is 5.88 Å². The van der Waals surface area contributed by atoms with Gasteiger partial charge in [-0.25, -0.2) is 9.37 Å². The van der Waals surface area contributed by atoms with Gasteiger partial charge in [-0.1, -0.05) is 0 Å². The molecule has 0 aliphatic heterocycles. The first-order valence-corrected chi connectivity index (χ1v) is 5.57. The summed E-state index contributed by atoms with van der Waals surface area (Å²) >= 11 is 0. The Kier molecular flexibility index (Phi) is 3.72. The van der Waals surface area contributed by atoms with Crippen molar-refractivity contribution in [3.05, 3.63) is 48.2 Å². The monoisotopic (exact) mass is 247 g/mol. The number of methoxy groups -OCH3 is 1. The van der Waals surface area contributed by atoms with Crippen LogP contribution in [0.1, 0.15) is 18.7 Å². The molecule has 2 aromatic rings. The van der Waals surface area contributed by atoms with E-state index >= 15 is 0 Å². The molecule has 2 heterocycles. The number of nitrogens with one attached hydrogen (secondary N) is 1. The van der Waals surface area contributed by atoms with Gasteiger partial charge < -0.3 is 10.1 Å². The maximum Gasteiger partial charge on any atom is 0.237 e. The molecule has 5 heteroatoms. The van der Waals surface area contributed by atoms with Gasteiger partial charge in [0.1, 0.15) is 5.82 Å². The summed E-state index contributed by atoms with van der Waals surface area (Å²) in [7, 11) is 1.56. The standard InChI is InChI=1S/C13H14FN3O/c1-9(11-6-5-10(14)8-16-11)17-12-4-3-7-15-13(12)18-2/h3-9,17H,1-2H3. The fourth-order valence-electron chi connectivity index (χ4n) is 1.61. The van der Waals surface area contributed by atoms with Crippen molar-refractivity contribution in [2.24, 2.45) is 0 Å². The van der Waals surface area contributed by atoms with Crippen LogP contribution in [0.25, 0.3) is 0 Å². The highest BCUT2D eigenvalue weighted by molar-refractivity contribution is 5.53. The molecule has 0 aliphatic carbocycles. The van der Waals surface area contributed by atoms with Gasteiger partial charge in [-0.2, -0.15) is 0 Å². The molecule has 0 amide bonds. The zero-order chi connectivity index (χ0) is 13.0. The molecule has 18 heavy (non-hydrogen) atoms. The summed E-state index contributed by atoms with van der Waals surface area (Å²) in [6, 6.07) is 6.65. The SMILES string of the molecule is COc1ncccc1NC(C)c1ccc(F)cn1. The lowest BCUT2D eigenvalue weighted by Crippen LogP contribution is -2.09. The average Bonchev–Trinajstić information content (AvgIpc) is 2.40. The van der Waals surface area contributed by atoms with Crippen molar-refractivity contribution in [1.82, 2.24) is 9.97 Å². The summed E-state index contributed by atoms with van der Waals surface area (Å²) in [4.78, 5) is 8.12. The largest absolute Gasteiger partial charge is 0.480 e.